The summed E-state index contributed by atoms with van der Waals surface area (Å²) in [5, 5.41) is 0. The van der Waals surface area contributed by atoms with E-state index >= 15 is 8.78 Å². The molecule has 0 aliphatic heterocycles. The van der Waals surface area contributed by atoms with Crippen LogP contribution in [0.2, 0.25) is 0 Å². The summed E-state index contributed by atoms with van der Waals surface area (Å²) in [5.41, 5.74) is 2.36. The Morgan fingerprint density at radius 1 is 0.727 bits per heavy atom. The highest BCUT2D eigenvalue weighted by atomic mass is 19.2. The van der Waals surface area contributed by atoms with Gasteiger partial charge in [-0.2, -0.15) is 4.39 Å². The molecular formula is C39H44F4O. The molecule has 1 atom stereocenters. The average Bonchev–Trinajstić information content (AvgIpc) is 3.05. The van der Waals surface area contributed by atoms with Crippen molar-refractivity contribution in [1.29, 1.82) is 0 Å². The number of hydrogen-bond acceptors (Lipinski definition) is 1. The topological polar surface area (TPSA) is 9.23 Å². The summed E-state index contributed by atoms with van der Waals surface area (Å²) in [6, 6.07) is 12.6. The lowest BCUT2D eigenvalue weighted by Crippen LogP contribution is -2.23. The molecule has 1 nitrogen and oxygen atoms in total. The molecule has 0 heterocycles. The van der Waals surface area contributed by atoms with Crippen LogP contribution in [0, 0.1) is 41.0 Å². The second-order valence-electron chi connectivity index (χ2n) is 12.5. The Kier molecular flexibility index (Phi) is 11.0. The predicted molar refractivity (Wildman–Crippen MR) is 172 cm³/mol. The van der Waals surface area contributed by atoms with Crippen molar-refractivity contribution in [3.8, 4) is 28.0 Å². The van der Waals surface area contributed by atoms with Gasteiger partial charge >= 0.3 is 0 Å². The van der Waals surface area contributed by atoms with Crippen molar-refractivity contribution in [2.24, 2.45) is 17.8 Å². The third-order valence-electron chi connectivity index (χ3n) is 9.72. The van der Waals surface area contributed by atoms with E-state index in [0.717, 1.165) is 49.5 Å². The molecule has 1 fully saturated rings. The molecule has 2 aliphatic carbocycles. The van der Waals surface area contributed by atoms with Gasteiger partial charge in [-0.1, -0.05) is 80.8 Å². The maximum absolute atomic E-state index is 15.4. The molecule has 0 amide bonds. The summed E-state index contributed by atoms with van der Waals surface area (Å²) in [4.78, 5) is 0. The minimum absolute atomic E-state index is 0.0823. The fourth-order valence-corrected chi connectivity index (χ4v) is 7.02. The van der Waals surface area contributed by atoms with Gasteiger partial charge in [0.25, 0.3) is 0 Å². The van der Waals surface area contributed by atoms with Crippen molar-refractivity contribution in [2.45, 2.75) is 84.5 Å². The maximum atomic E-state index is 15.4. The SMILES string of the molecule is C/C=C/CCC1CCC(C2CC=C(c3ccc(-c4ccc(-c5ccc(OCCCC)c(F)c5F)cc4)c(F)c3F)CC2)CC1. The second kappa shape index (κ2) is 15.1. The molecule has 2 aliphatic rings. The zero-order valence-corrected chi connectivity index (χ0v) is 26.0. The van der Waals surface area contributed by atoms with Crippen molar-refractivity contribution >= 4 is 5.57 Å². The van der Waals surface area contributed by atoms with Gasteiger partial charge in [-0.3, -0.25) is 0 Å². The minimum atomic E-state index is -1.03. The molecule has 1 unspecified atom stereocenters. The predicted octanol–water partition coefficient (Wildman–Crippen LogP) is 12.1. The Morgan fingerprint density at radius 3 is 1.95 bits per heavy atom. The molecule has 0 aromatic heterocycles. The first-order chi connectivity index (χ1) is 21.4. The van der Waals surface area contributed by atoms with E-state index in [0.29, 0.717) is 29.2 Å². The van der Waals surface area contributed by atoms with Crippen molar-refractivity contribution < 1.29 is 22.3 Å². The van der Waals surface area contributed by atoms with Gasteiger partial charge in [-0.25, -0.2) is 13.2 Å². The molecule has 0 spiro atoms. The third-order valence-corrected chi connectivity index (χ3v) is 9.72. The van der Waals surface area contributed by atoms with Crippen molar-refractivity contribution in [1.82, 2.24) is 0 Å². The molecule has 0 N–H and O–H groups in total. The Bertz CT molecular complexity index is 1460. The van der Waals surface area contributed by atoms with Crippen molar-refractivity contribution in [3.05, 3.63) is 95.6 Å². The van der Waals surface area contributed by atoms with Gasteiger partial charge in [0.2, 0.25) is 5.82 Å². The van der Waals surface area contributed by atoms with Gasteiger partial charge in [-0.15, -0.1) is 0 Å². The van der Waals surface area contributed by atoms with Gasteiger partial charge in [0.1, 0.15) is 0 Å². The monoisotopic (exact) mass is 604 g/mol. The van der Waals surface area contributed by atoms with Crippen LogP contribution in [0.25, 0.3) is 27.8 Å². The zero-order valence-electron chi connectivity index (χ0n) is 26.0. The minimum Gasteiger partial charge on any atom is -0.490 e. The van der Waals surface area contributed by atoms with Crippen LogP contribution in [0.1, 0.15) is 90.0 Å². The Labute approximate surface area is 260 Å². The van der Waals surface area contributed by atoms with Crippen LogP contribution in [0.15, 0.2) is 66.8 Å². The molecule has 1 saturated carbocycles. The highest BCUT2D eigenvalue weighted by molar-refractivity contribution is 5.74. The highest BCUT2D eigenvalue weighted by Crippen LogP contribution is 2.43. The third kappa shape index (κ3) is 7.30. The smallest absolute Gasteiger partial charge is 0.201 e. The van der Waals surface area contributed by atoms with E-state index in [2.05, 4.69) is 25.2 Å². The van der Waals surface area contributed by atoms with Gasteiger partial charge < -0.3 is 4.74 Å². The maximum Gasteiger partial charge on any atom is 0.201 e. The highest BCUT2D eigenvalue weighted by Gasteiger charge is 2.29. The number of halogens is 4. The lowest BCUT2D eigenvalue weighted by atomic mass is 9.70. The van der Waals surface area contributed by atoms with E-state index < -0.39 is 23.3 Å². The summed E-state index contributed by atoms with van der Waals surface area (Å²) in [7, 11) is 0. The fraction of sp³-hybridized carbons (Fsp3) is 0.436. The van der Waals surface area contributed by atoms with E-state index in [1.807, 2.05) is 6.92 Å². The first kappa shape index (κ1) is 32.1. The number of allylic oxidation sites excluding steroid dienone is 4. The van der Waals surface area contributed by atoms with E-state index in [1.165, 1.54) is 50.7 Å². The number of unbranched alkanes of at least 4 members (excludes halogenated alkanes) is 1. The van der Waals surface area contributed by atoms with Gasteiger partial charge in [0.15, 0.2) is 23.2 Å². The van der Waals surface area contributed by atoms with E-state index in [1.54, 1.807) is 36.4 Å². The Balaban J connectivity index is 1.24. The Morgan fingerprint density at radius 2 is 1.34 bits per heavy atom. The van der Waals surface area contributed by atoms with Crippen LogP contribution in [0.3, 0.4) is 0 Å². The van der Waals surface area contributed by atoms with Crippen LogP contribution in [-0.2, 0) is 0 Å². The van der Waals surface area contributed by atoms with Gasteiger partial charge in [-0.05, 0) is 105 Å². The van der Waals surface area contributed by atoms with Crippen molar-refractivity contribution in [3.63, 3.8) is 0 Å². The average molecular weight is 605 g/mol. The second-order valence-corrected chi connectivity index (χ2v) is 12.5. The normalized spacial score (nSPS) is 20.6. The van der Waals surface area contributed by atoms with Crippen LogP contribution >= 0.6 is 0 Å². The van der Waals surface area contributed by atoms with Crippen molar-refractivity contribution in [2.75, 3.05) is 6.61 Å². The Hall–Kier alpha value is -3.34. The molecule has 5 rings (SSSR count). The lowest BCUT2D eigenvalue weighted by Gasteiger charge is -2.35. The fourth-order valence-electron chi connectivity index (χ4n) is 7.02. The first-order valence-electron chi connectivity index (χ1n) is 16.4. The largest absolute Gasteiger partial charge is 0.490 e. The summed E-state index contributed by atoms with van der Waals surface area (Å²) < 4.78 is 65.6. The van der Waals surface area contributed by atoms with Gasteiger partial charge in [0.05, 0.1) is 6.61 Å². The standard InChI is InChI=1S/C39H44F4O/c1-3-5-7-8-26-9-11-27(12-10-26)28-13-15-29(16-14-28)32-21-22-33(37(41)36(32)40)30-17-19-31(20-18-30)34-23-24-35(39(43)38(34)42)44-25-6-4-2/h3,5,15,17-24,26-28H,4,6-14,16,25H2,1-2H3/b5-3+. The number of benzene rings is 3. The van der Waals surface area contributed by atoms with E-state index in [4.69, 9.17) is 4.74 Å². The molecule has 234 valence electrons. The summed E-state index contributed by atoms with van der Waals surface area (Å²) >= 11 is 0. The van der Waals surface area contributed by atoms with Gasteiger partial charge in [0, 0.05) is 16.7 Å². The van der Waals surface area contributed by atoms with Crippen LogP contribution in [0.5, 0.6) is 5.75 Å². The lowest BCUT2D eigenvalue weighted by molar-refractivity contribution is 0.190. The molecule has 5 heteroatoms. The summed E-state index contributed by atoms with van der Waals surface area (Å²) in [6.07, 6.45) is 18.5. The molecule has 44 heavy (non-hydrogen) atoms. The molecular weight excluding hydrogens is 560 g/mol. The number of rotatable bonds is 11. The van der Waals surface area contributed by atoms with Crippen LogP contribution < -0.4 is 4.74 Å². The van der Waals surface area contributed by atoms with Crippen LogP contribution in [0.4, 0.5) is 17.6 Å². The van der Waals surface area contributed by atoms with Crippen LogP contribution in [-0.4, -0.2) is 6.61 Å². The molecule has 3 aromatic rings. The molecule has 0 radical (unpaired) electrons. The summed E-state index contributed by atoms with van der Waals surface area (Å²) in [5.74, 6) is -1.65. The zero-order chi connectivity index (χ0) is 31.1. The molecule has 3 aromatic carbocycles. The first-order valence-corrected chi connectivity index (χ1v) is 16.4. The van der Waals surface area contributed by atoms with E-state index in [-0.39, 0.29) is 16.9 Å². The molecule has 0 bridgehead atoms. The number of ether oxygens (including phenoxy) is 1. The molecule has 0 saturated heterocycles. The van der Waals surface area contributed by atoms with E-state index in [9.17, 15) is 8.78 Å². The quantitative estimate of drug-likeness (QED) is 0.120. The summed E-state index contributed by atoms with van der Waals surface area (Å²) in [6.45, 7) is 4.39. The number of hydrogen-bond donors (Lipinski definition) is 0.